The highest BCUT2D eigenvalue weighted by molar-refractivity contribution is 7.80. The molecule has 6 heteroatoms. The first-order chi connectivity index (χ1) is 4.75. The predicted octanol–water partition coefficient (Wildman–Crippen LogP) is 0.477. The van der Waals surface area contributed by atoms with Gasteiger partial charge in [-0.25, -0.2) is 0 Å². The van der Waals surface area contributed by atoms with E-state index in [4.69, 9.17) is 5.11 Å². The van der Waals surface area contributed by atoms with E-state index in [1.807, 2.05) is 0 Å². The molecule has 0 aliphatic heterocycles. The van der Waals surface area contributed by atoms with Crippen molar-refractivity contribution in [2.24, 2.45) is 5.41 Å². The highest BCUT2D eigenvalue weighted by Gasteiger charge is 2.47. The molecule has 0 aliphatic carbocycles. The second-order valence-electron chi connectivity index (χ2n) is 2.79. The lowest BCUT2D eigenvalue weighted by atomic mass is 9.95. The summed E-state index contributed by atoms with van der Waals surface area (Å²) >= 11 is -3.49. The summed E-state index contributed by atoms with van der Waals surface area (Å²) < 4.78 is 45.0. The summed E-state index contributed by atoms with van der Waals surface area (Å²) in [6.45, 7) is 1.07. The first-order valence-corrected chi connectivity index (χ1v) is 3.91. The summed E-state index contributed by atoms with van der Waals surface area (Å²) in [6, 6.07) is 0. The zero-order valence-corrected chi connectivity index (χ0v) is 6.95. The van der Waals surface area contributed by atoms with Crippen LogP contribution in [-0.4, -0.2) is 25.7 Å². The van der Waals surface area contributed by atoms with Crippen LogP contribution in [0.15, 0.2) is 0 Å². The third kappa shape index (κ3) is 1.94. The van der Waals surface area contributed by atoms with Crippen LogP contribution >= 0.6 is 0 Å². The monoisotopic (exact) mass is 187 g/mol. The Hall–Kier alpha value is -0.0700. The van der Waals surface area contributed by atoms with E-state index >= 15 is 0 Å². The Morgan fingerprint density at radius 3 is 2.00 bits per heavy atom. The van der Waals surface area contributed by atoms with Crippen molar-refractivity contribution in [1.82, 2.24) is 0 Å². The average Bonchev–Trinajstić information content (AvgIpc) is 1.87. The maximum absolute atomic E-state index is 12.6. The number of halogens is 2. The van der Waals surface area contributed by atoms with Gasteiger partial charge in [-0.15, -0.1) is 0 Å². The molecular formula is C5H9F2O3S-. The van der Waals surface area contributed by atoms with E-state index < -0.39 is 28.4 Å². The lowest BCUT2D eigenvalue weighted by Gasteiger charge is -2.33. The van der Waals surface area contributed by atoms with Crippen molar-refractivity contribution < 1.29 is 22.6 Å². The Balaban J connectivity index is 4.67. The fourth-order valence-electron chi connectivity index (χ4n) is 0.318. The third-order valence-electron chi connectivity index (χ3n) is 1.39. The van der Waals surface area contributed by atoms with E-state index in [-0.39, 0.29) is 0 Å². The Labute approximate surface area is 65.7 Å². The molecule has 3 nitrogen and oxygen atoms in total. The van der Waals surface area contributed by atoms with Crippen LogP contribution in [-0.2, 0) is 11.1 Å². The minimum absolute atomic E-state index is 0.881. The topological polar surface area (TPSA) is 60.4 Å². The summed E-state index contributed by atoms with van der Waals surface area (Å²) in [6.07, 6.45) is 0. The van der Waals surface area contributed by atoms with Crippen molar-refractivity contribution in [3.8, 4) is 0 Å². The Kier molecular flexibility index (Phi) is 3.10. The molecule has 0 fully saturated rings. The van der Waals surface area contributed by atoms with Gasteiger partial charge in [0.1, 0.15) is 0 Å². The SMILES string of the molecule is CC(C)(CO)C(F)(F)S(=O)[O-]. The molecule has 0 rings (SSSR count). The highest BCUT2D eigenvalue weighted by atomic mass is 32.2. The molecule has 0 bridgehead atoms. The van der Waals surface area contributed by atoms with Gasteiger partial charge in [0.15, 0.2) is 0 Å². The van der Waals surface area contributed by atoms with Crippen LogP contribution in [0.1, 0.15) is 13.8 Å². The molecule has 1 N–H and O–H groups in total. The second kappa shape index (κ2) is 3.12. The molecule has 1 unspecified atom stereocenters. The van der Waals surface area contributed by atoms with Gasteiger partial charge in [-0.1, -0.05) is 13.8 Å². The third-order valence-corrected chi connectivity index (χ3v) is 2.36. The molecule has 11 heavy (non-hydrogen) atoms. The predicted molar refractivity (Wildman–Crippen MR) is 34.7 cm³/mol. The molecule has 1 atom stereocenters. The van der Waals surface area contributed by atoms with Crippen LogP contribution in [0.2, 0.25) is 0 Å². The van der Waals surface area contributed by atoms with Crippen molar-refractivity contribution in [3.63, 3.8) is 0 Å². The van der Waals surface area contributed by atoms with Gasteiger partial charge < -0.3 is 9.66 Å². The first-order valence-electron chi connectivity index (χ1n) is 2.84. The van der Waals surface area contributed by atoms with Crippen LogP contribution in [0.4, 0.5) is 8.78 Å². The van der Waals surface area contributed by atoms with Crippen LogP contribution in [0, 0.1) is 5.41 Å². The summed E-state index contributed by atoms with van der Waals surface area (Å²) in [7, 11) is 0. The Morgan fingerprint density at radius 2 is 1.91 bits per heavy atom. The Bertz CT molecular complexity index is 169. The zero-order chi connectivity index (χ0) is 9.28. The standard InChI is InChI=1S/C5H10F2O3S/c1-4(2,3-8)5(6,7)11(9)10/h8H,3H2,1-2H3,(H,9,10)/p-1. The van der Waals surface area contributed by atoms with E-state index in [1.54, 1.807) is 0 Å². The van der Waals surface area contributed by atoms with Gasteiger partial charge >= 0.3 is 5.25 Å². The zero-order valence-electron chi connectivity index (χ0n) is 6.13. The minimum Gasteiger partial charge on any atom is -0.768 e. The molecule has 0 radical (unpaired) electrons. The molecule has 0 saturated carbocycles. The van der Waals surface area contributed by atoms with Crippen LogP contribution < -0.4 is 0 Å². The number of aliphatic hydroxyl groups is 1. The van der Waals surface area contributed by atoms with Crippen LogP contribution in [0.25, 0.3) is 0 Å². The lowest BCUT2D eigenvalue weighted by Crippen LogP contribution is -2.42. The van der Waals surface area contributed by atoms with E-state index in [9.17, 15) is 17.5 Å². The van der Waals surface area contributed by atoms with Crippen molar-refractivity contribution in [2.45, 2.75) is 19.1 Å². The summed E-state index contributed by atoms with van der Waals surface area (Å²) in [4.78, 5) is 0. The average molecular weight is 187 g/mol. The first kappa shape index (κ1) is 10.9. The van der Waals surface area contributed by atoms with Crippen LogP contribution in [0.3, 0.4) is 0 Å². The molecule has 0 aromatic carbocycles. The summed E-state index contributed by atoms with van der Waals surface area (Å²) in [5.41, 5.74) is -1.93. The largest absolute Gasteiger partial charge is 0.768 e. The van der Waals surface area contributed by atoms with E-state index in [0.29, 0.717) is 0 Å². The number of hydrogen-bond acceptors (Lipinski definition) is 3. The van der Waals surface area contributed by atoms with Crippen molar-refractivity contribution in [1.29, 1.82) is 0 Å². The maximum Gasteiger partial charge on any atom is 0.316 e. The second-order valence-corrected chi connectivity index (χ2v) is 3.78. The van der Waals surface area contributed by atoms with E-state index in [0.717, 1.165) is 13.8 Å². The minimum atomic E-state index is -3.89. The van der Waals surface area contributed by atoms with Gasteiger partial charge in [-0.05, 0) is 0 Å². The fourth-order valence-corrected chi connectivity index (χ4v) is 0.833. The molecule has 0 heterocycles. The Morgan fingerprint density at radius 1 is 1.55 bits per heavy atom. The molecule has 68 valence electrons. The molecule has 0 spiro atoms. The fraction of sp³-hybridized carbons (Fsp3) is 1.00. The maximum atomic E-state index is 12.6. The van der Waals surface area contributed by atoms with Gasteiger partial charge in [0.25, 0.3) is 0 Å². The summed E-state index contributed by atoms with van der Waals surface area (Å²) in [5, 5.41) is 4.54. The van der Waals surface area contributed by atoms with Gasteiger partial charge in [-0.3, -0.25) is 4.21 Å². The number of alkyl halides is 2. The molecular weight excluding hydrogens is 178 g/mol. The van der Waals surface area contributed by atoms with E-state index in [2.05, 4.69) is 0 Å². The number of hydrogen-bond donors (Lipinski definition) is 1. The number of aliphatic hydroxyl groups excluding tert-OH is 1. The quantitative estimate of drug-likeness (QED) is 0.653. The van der Waals surface area contributed by atoms with Crippen molar-refractivity contribution in [2.75, 3.05) is 6.61 Å². The smallest absolute Gasteiger partial charge is 0.316 e. The van der Waals surface area contributed by atoms with Gasteiger partial charge in [0.05, 0.1) is 12.0 Å². The van der Waals surface area contributed by atoms with Crippen molar-refractivity contribution >= 4 is 11.1 Å². The van der Waals surface area contributed by atoms with Gasteiger partial charge in [0.2, 0.25) is 0 Å². The van der Waals surface area contributed by atoms with Gasteiger partial charge in [-0.2, -0.15) is 8.78 Å². The molecule has 0 saturated heterocycles. The molecule has 0 amide bonds. The molecule has 0 aliphatic rings. The number of rotatable bonds is 3. The molecule has 0 aromatic rings. The normalized spacial score (nSPS) is 16.5. The van der Waals surface area contributed by atoms with E-state index in [1.165, 1.54) is 0 Å². The summed E-state index contributed by atoms with van der Waals surface area (Å²) in [5.74, 6) is 0. The van der Waals surface area contributed by atoms with Gasteiger partial charge in [0, 0.05) is 11.1 Å². The molecule has 0 aromatic heterocycles. The van der Waals surface area contributed by atoms with Crippen LogP contribution in [0.5, 0.6) is 0 Å². The lowest BCUT2D eigenvalue weighted by molar-refractivity contribution is -0.0573. The highest BCUT2D eigenvalue weighted by Crippen LogP contribution is 2.37. The van der Waals surface area contributed by atoms with Crippen molar-refractivity contribution in [3.05, 3.63) is 0 Å².